The number of anilines is 1. The molecule has 7 heteroatoms. The molecule has 0 unspecified atom stereocenters. The van der Waals surface area contributed by atoms with E-state index in [0.29, 0.717) is 23.0 Å². The molecular weight excluding hydrogens is 230 g/mol. The fourth-order valence-corrected chi connectivity index (χ4v) is 1.52. The van der Waals surface area contributed by atoms with Gasteiger partial charge in [0.05, 0.1) is 24.3 Å². The van der Waals surface area contributed by atoms with Gasteiger partial charge in [-0.15, -0.1) is 4.80 Å². The Balaban J connectivity index is 2.05. The second kappa shape index (κ2) is 4.21. The Morgan fingerprint density at radius 1 is 1.00 bits per heavy atom. The van der Waals surface area contributed by atoms with Crippen molar-refractivity contribution in [3.8, 4) is 17.2 Å². The van der Waals surface area contributed by atoms with Gasteiger partial charge in [-0.05, 0) is 12.1 Å². The summed E-state index contributed by atoms with van der Waals surface area (Å²) in [5, 5.41) is 7.92. The number of nitrogens with two attached hydrogens (primary N) is 1. The molecule has 7 nitrogen and oxygen atoms in total. The van der Waals surface area contributed by atoms with E-state index in [9.17, 15) is 0 Å². The van der Waals surface area contributed by atoms with E-state index in [1.54, 1.807) is 24.8 Å². The van der Waals surface area contributed by atoms with Gasteiger partial charge in [0.25, 0.3) is 0 Å². The van der Waals surface area contributed by atoms with Crippen LogP contribution in [-0.2, 0) is 0 Å². The van der Waals surface area contributed by atoms with Crippen LogP contribution in [0, 0.1) is 0 Å². The fourth-order valence-electron chi connectivity index (χ4n) is 1.52. The zero-order chi connectivity index (χ0) is 12.4. The maximum Gasteiger partial charge on any atom is 0.194 e. The number of pyridine rings is 1. The van der Waals surface area contributed by atoms with E-state index in [1.807, 2.05) is 18.2 Å². The lowest BCUT2D eigenvalue weighted by Gasteiger charge is -2.04. The zero-order valence-corrected chi connectivity index (χ0v) is 9.30. The van der Waals surface area contributed by atoms with Crippen LogP contribution >= 0.6 is 0 Å². The van der Waals surface area contributed by atoms with Crippen molar-refractivity contribution in [3.63, 3.8) is 0 Å². The van der Waals surface area contributed by atoms with Gasteiger partial charge in [0.1, 0.15) is 5.69 Å². The van der Waals surface area contributed by atoms with Gasteiger partial charge < -0.3 is 5.73 Å². The van der Waals surface area contributed by atoms with Crippen molar-refractivity contribution in [2.24, 2.45) is 0 Å². The van der Waals surface area contributed by atoms with Crippen molar-refractivity contribution in [3.05, 3.63) is 43.0 Å². The third kappa shape index (κ3) is 1.77. The van der Waals surface area contributed by atoms with E-state index in [2.05, 4.69) is 25.1 Å². The zero-order valence-electron chi connectivity index (χ0n) is 9.30. The molecule has 0 atom stereocenters. The Morgan fingerprint density at radius 2 is 1.83 bits per heavy atom. The quantitative estimate of drug-likeness (QED) is 0.707. The van der Waals surface area contributed by atoms with Crippen LogP contribution in [0.15, 0.2) is 43.0 Å². The first kappa shape index (κ1) is 10.3. The molecule has 2 N–H and O–H groups in total. The average molecular weight is 239 g/mol. The van der Waals surface area contributed by atoms with E-state index in [4.69, 9.17) is 5.73 Å². The summed E-state index contributed by atoms with van der Waals surface area (Å²) >= 11 is 0. The highest BCUT2D eigenvalue weighted by Gasteiger charge is 2.09. The molecule has 0 aliphatic heterocycles. The first-order valence-corrected chi connectivity index (χ1v) is 5.25. The summed E-state index contributed by atoms with van der Waals surface area (Å²) in [6.07, 6.45) is 6.36. The van der Waals surface area contributed by atoms with Crippen LogP contribution in [0.2, 0.25) is 0 Å². The van der Waals surface area contributed by atoms with E-state index < -0.39 is 0 Å². The molecule has 3 aromatic heterocycles. The monoisotopic (exact) mass is 239 g/mol. The van der Waals surface area contributed by atoms with Gasteiger partial charge >= 0.3 is 0 Å². The number of hydrogen-bond acceptors (Lipinski definition) is 6. The summed E-state index contributed by atoms with van der Waals surface area (Å²) in [7, 11) is 0. The van der Waals surface area contributed by atoms with Crippen LogP contribution in [0.1, 0.15) is 0 Å². The topological polar surface area (TPSA) is 95.4 Å². The number of rotatable bonds is 2. The Morgan fingerprint density at radius 3 is 2.50 bits per heavy atom. The summed E-state index contributed by atoms with van der Waals surface area (Å²) in [6.45, 7) is 0. The summed E-state index contributed by atoms with van der Waals surface area (Å²) < 4.78 is 0. The third-order valence-electron chi connectivity index (χ3n) is 2.32. The number of hydrogen-bond donors (Lipinski definition) is 1. The fraction of sp³-hybridized carbons (Fsp3) is 0. The molecule has 88 valence electrons. The molecule has 0 aliphatic rings. The van der Waals surface area contributed by atoms with Crippen molar-refractivity contribution in [2.75, 3.05) is 5.73 Å². The first-order chi connectivity index (χ1) is 8.84. The molecule has 0 amide bonds. The second-order valence-corrected chi connectivity index (χ2v) is 3.50. The van der Waals surface area contributed by atoms with Crippen LogP contribution in [0.4, 0.5) is 5.82 Å². The van der Waals surface area contributed by atoms with E-state index in [-0.39, 0.29) is 0 Å². The van der Waals surface area contributed by atoms with Crippen LogP contribution < -0.4 is 5.73 Å². The van der Waals surface area contributed by atoms with Crippen molar-refractivity contribution in [2.45, 2.75) is 0 Å². The number of nitrogen functional groups attached to an aromatic ring is 1. The molecule has 0 saturated carbocycles. The third-order valence-corrected chi connectivity index (χ3v) is 2.32. The summed E-state index contributed by atoms with van der Waals surface area (Å²) in [6, 6.07) is 5.52. The lowest BCUT2D eigenvalue weighted by molar-refractivity contribution is 0.726. The molecule has 0 aliphatic carbocycles. The molecule has 0 radical (unpaired) electrons. The van der Waals surface area contributed by atoms with Gasteiger partial charge in [-0.1, -0.05) is 6.07 Å². The molecular formula is C11H9N7. The predicted molar refractivity (Wildman–Crippen MR) is 64.6 cm³/mol. The van der Waals surface area contributed by atoms with Gasteiger partial charge in [-0.2, -0.15) is 10.2 Å². The second-order valence-electron chi connectivity index (χ2n) is 3.50. The van der Waals surface area contributed by atoms with Crippen LogP contribution in [0.5, 0.6) is 0 Å². The molecule has 3 heterocycles. The van der Waals surface area contributed by atoms with E-state index >= 15 is 0 Å². The highest BCUT2D eigenvalue weighted by atomic mass is 15.5. The largest absolute Gasteiger partial charge is 0.382 e. The minimum absolute atomic E-state index is 0.295. The maximum absolute atomic E-state index is 5.88. The number of nitrogens with zero attached hydrogens (tertiary/aromatic N) is 6. The molecule has 3 aromatic rings. The number of aromatic nitrogens is 6. The van der Waals surface area contributed by atoms with Gasteiger partial charge in [0, 0.05) is 6.20 Å². The smallest absolute Gasteiger partial charge is 0.194 e. The summed E-state index contributed by atoms with van der Waals surface area (Å²) in [4.78, 5) is 14.0. The van der Waals surface area contributed by atoms with Gasteiger partial charge in [0.15, 0.2) is 11.6 Å². The first-order valence-electron chi connectivity index (χ1n) is 5.25. The lowest BCUT2D eigenvalue weighted by atomic mass is 10.2. The highest BCUT2D eigenvalue weighted by Crippen LogP contribution is 2.19. The van der Waals surface area contributed by atoms with Crippen molar-refractivity contribution in [1.29, 1.82) is 0 Å². The minimum Gasteiger partial charge on any atom is -0.382 e. The summed E-state index contributed by atoms with van der Waals surface area (Å²) in [5.41, 5.74) is 7.11. The summed E-state index contributed by atoms with van der Waals surface area (Å²) in [5.74, 6) is 0.765. The van der Waals surface area contributed by atoms with E-state index in [0.717, 1.165) is 0 Å². The normalized spacial score (nSPS) is 10.4. The molecule has 0 aromatic carbocycles. The standard InChI is InChI=1S/C11H9N7/c12-11-10(8-3-1-2-4-13-8)14-7-9(17-11)18-15-5-6-16-18/h1-7H,(H2,12,17). The van der Waals surface area contributed by atoms with Crippen molar-refractivity contribution < 1.29 is 0 Å². The Kier molecular flexibility index (Phi) is 2.41. The Hall–Kier alpha value is -2.83. The Bertz CT molecular complexity index is 648. The molecule has 0 bridgehead atoms. The van der Waals surface area contributed by atoms with Crippen LogP contribution in [0.25, 0.3) is 17.2 Å². The van der Waals surface area contributed by atoms with Gasteiger partial charge in [-0.3, -0.25) is 4.98 Å². The highest BCUT2D eigenvalue weighted by molar-refractivity contribution is 5.66. The Labute approximate surface area is 102 Å². The molecule has 0 spiro atoms. The molecule has 0 saturated heterocycles. The lowest BCUT2D eigenvalue weighted by Crippen LogP contribution is -2.06. The molecule has 0 fully saturated rings. The van der Waals surface area contributed by atoms with Crippen molar-refractivity contribution in [1.82, 2.24) is 29.9 Å². The van der Waals surface area contributed by atoms with Gasteiger partial charge in [0.2, 0.25) is 0 Å². The van der Waals surface area contributed by atoms with Crippen molar-refractivity contribution >= 4 is 5.82 Å². The van der Waals surface area contributed by atoms with Gasteiger partial charge in [-0.25, -0.2) is 9.97 Å². The SMILES string of the molecule is Nc1nc(-n2nccn2)cnc1-c1ccccn1. The maximum atomic E-state index is 5.88. The van der Waals surface area contributed by atoms with Crippen LogP contribution in [0.3, 0.4) is 0 Å². The molecule has 18 heavy (non-hydrogen) atoms. The average Bonchev–Trinajstić information content (AvgIpc) is 2.93. The predicted octanol–water partition coefficient (Wildman–Crippen LogP) is 0.701. The molecule has 3 rings (SSSR count). The minimum atomic E-state index is 0.295. The van der Waals surface area contributed by atoms with E-state index in [1.165, 1.54) is 4.80 Å². The van der Waals surface area contributed by atoms with Crippen LogP contribution in [-0.4, -0.2) is 29.9 Å².